The summed E-state index contributed by atoms with van der Waals surface area (Å²) in [6, 6.07) is 36.8. The number of nitrogens with zero attached hydrogens (tertiary/aromatic N) is 3. The number of thiophene rings is 1. The van der Waals surface area contributed by atoms with E-state index in [2.05, 4.69) is 148 Å². The maximum absolute atomic E-state index is 5.68. The van der Waals surface area contributed by atoms with Crippen molar-refractivity contribution in [1.29, 1.82) is 0 Å². The molecular weight excluding hydrogens is 689 g/mol. The molecule has 2 aromatic heterocycles. The Hall–Kier alpha value is -5.39. The van der Waals surface area contributed by atoms with Crippen LogP contribution in [0.25, 0.3) is 27.1 Å². The lowest BCUT2D eigenvalue weighted by Gasteiger charge is -2.36. The lowest BCUT2D eigenvalue weighted by Crippen LogP contribution is -2.46. The first-order valence-electron chi connectivity index (χ1n) is 20.5. The monoisotopic (exact) mass is 732 g/mol. The summed E-state index contributed by atoms with van der Waals surface area (Å²) in [6.07, 6.45) is 24.3. The molecule has 5 atom stereocenters. The van der Waals surface area contributed by atoms with Crippen LogP contribution in [-0.4, -0.2) is 22.6 Å². The number of anilines is 2. The number of aromatic nitrogens is 1. The fraction of sp³-hybridized carbons (Fsp3) is 0.260. The molecule has 12 rings (SSSR count). The average molecular weight is 733 g/mol. The Kier molecular flexibility index (Phi) is 7.30. The Morgan fingerprint density at radius 3 is 2.62 bits per heavy atom. The van der Waals surface area contributed by atoms with Crippen molar-refractivity contribution in [3.63, 3.8) is 0 Å². The number of hydrogen-bond acceptors (Lipinski definition) is 4. The normalized spacial score (nSPS) is 25.0. The highest BCUT2D eigenvalue weighted by molar-refractivity contribution is 7.19. The Bertz CT molecular complexity index is 2680. The van der Waals surface area contributed by atoms with Gasteiger partial charge in [0.1, 0.15) is 6.04 Å². The Morgan fingerprint density at radius 1 is 0.782 bits per heavy atom. The predicted molar refractivity (Wildman–Crippen MR) is 230 cm³/mol. The van der Waals surface area contributed by atoms with Gasteiger partial charge in [0.15, 0.2) is 0 Å². The van der Waals surface area contributed by atoms with E-state index in [9.17, 15) is 0 Å². The molecule has 0 amide bonds. The van der Waals surface area contributed by atoms with Gasteiger partial charge in [0, 0.05) is 38.2 Å². The summed E-state index contributed by atoms with van der Waals surface area (Å²) in [5, 5.41) is 6.81. The minimum Gasteiger partial charge on any atom is -0.349 e. The minimum absolute atomic E-state index is 0.0254. The molecule has 0 saturated carbocycles. The molecule has 2 aliphatic heterocycles. The van der Waals surface area contributed by atoms with Crippen LogP contribution in [-0.2, 0) is 19.3 Å². The molecule has 0 bridgehead atoms. The van der Waals surface area contributed by atoms with Crippen LogP contribution in [0.15, 0.2) is 144 Å². The summed E-state index contributed by atoms with van der Waals surface area (Å²) < 4.78 is 3.89. The van der Waals surface area contributed by atoms with Crippen LogP contribution in [0.3, 0.4) is 0 Å². The molecule has 0 fully saturated rings. The van der Waals surface area contributed by atoms with Gasteiger partial charge in [-0.2, -0.15) is 0 Å². The second-order valence-corrected chi connectivity index (χ2v) is 17.5. The molecule has 0 saturated heterocycles. The molecule has 5 unspecified atom stereocenters. The number of hydrogen-bond donors (Lipinski definition) is 1. The summed E-state index contributed by atoms with van der Waals surface area (Å²) in [4.78, 5) is 9.82. The fourth-order valence-electron chi connectivity index (χ4n) is 10.8. The van der Waals surface area contributed by atoms with E-state index in [1.165, 1.54) is 98.0 Å². The number of fused-ring (bicyclic) bond motifs is 10. The maximum Gasteiger partial charge on any atom is 0.204 e. The van der Waals surface area contributed by atoms with Gasteiger partial charge in [0.25, 0.3) is 0 Å². The minimum atomic E-state index is 0.0254. The SMILES string of the molecule is C1=CC2C(C=C1C1C=Cc3c(c4ccccc4n3C3=NC(c4ccc5sc6c(c5c4)CCCC6)C4=CCCCC4N3)C1)c1ccccc1N2c1ccccc1. The molecule has 4 aromatic carbocycles. The summed E-state index contributed by atoms with van der Waals surface area (Å²) in [6.45, 7) is 0. The fourth-order valence-corrected chi connectivity index (χ4v) is 12.0. The molecule has 6 aromatic rings. The third-order valence-electron chi connectivity index (χ3n) is 13.3. The third-order valence-corrected chi connectivity index (χ3v) is 14.6. The quantitative estimate of drug-likeness (QED) is 0.184. The first kappa shape index (κ1) is 31.9. The average Bonchev–Trinajstić information content (AvgIpc) is 3.90. The van der Waals surface area contributed by atoms with Crippen LogP contribution >= 0.6 is 11.3 Å². The lowest BCUT2D eigenvalue weighted by molar-refractivity contribution is 0.509. The smallest absolute Gasteiger partial charge is 0.204 e. The Balaban J connectivity index is 0.927. The largest absolute Gasteiger partial charge is 0.349 e. The molecule has 5 heteroatoms. The van der Waals surface area contributed by atoms with Crippen LogP contribution < -0.4 is 10.2 Å². The molecule has 1 N–H and O–H groups in total. The van der Waals surface area contributed by atoms with Crippen molar-refractivity contribution in [3.05, 3.63) is 171 Å². The number of rotatable bonds is 3. The molecule has 4 nitrogen and oxygen atoms in total. The summed E-state index contributed by atoms with van der Waals surface area (Å²) >= 11 is 2.02. The van der Waals surface area contributed by atoms with E-state index in [1.807, 2.05) is 11.3 Å². The Morgan fingerprint density at radius 2 is 1.65 bits per heavy atom. The maximum atomic E-state index is 5.68. The zero-order valence-electron chi connectivity index (χ0n) is 31.0. The van der Waals surface area contributed by atoms with Gasteiger partial charge >= 0.3 is 0 Å². The zero-order chi connectivity index (χ0) is 36.0. The van der Waals surface area contributed by atoms with Gasteiger partial charge in [0.05, 0.1) is 23.3 Å². The predicted octanol–water partition coefficient (Wildman–Crippen LogP) is 11.7. The van der Waals surface area contributed by atoms with Crippen molar-refractivity contribution >= 4 is 55.7 Å². The summed E-state index contributed by atoms with van der Waals surface area (Å²) in [7, 11) is 0. The summed E-state index contributed by atoms with van der Waals surface area (Å²) in [5.74, 6) is 1.62. The van der Waals surface area contributed by atoms with E-state index in [-0.39, 0.29) is 12.1 Å². The van der Waals surface area contributed by atoms with E-state index in [1.54, 1.807) is 10.4 Å². The van der Waals surface area contributed by atoms with Gasteiger partial charge < -0.3 is 10.2 Å². The number of aryl methyl sites for hydroxylation is 2. The molecule has 55 heavy (non-hydrogen) atoms. The standard InChI is InChI=1S/C50H44N4S/c1-2-12-34(13-3-1)53-43-19-9-5-14-35(43)39-28-31(22-25-45(39)53)32-23-26-46-40(29-32)36-15-6-10-20-44(36)54(46)50-51-42-18-8-4-17-38(42)49(52-50)33-24-27-48-41(30-33)37-16-7-11-21-47(37)55-48/h1-3,5-6,9-10,12-15,17,19-20,22-28,30,32,39,42,45,49H,4,7-8,11,16,18,21,29H2,(H,51,52). The van der Waals surface area contributed by atoms with Gasteiger partial charge in [0.2, 0.25) is 5.96 Å². The van der Waals surface area contributed by atoms with Crippen LogP contribution in [0.1, 0.15) is 76.9 Å². The van der Waals surface area contributed by atoms with Crippen LogP contribution in [0.4, 0.5) is 11.4 Å². The van der Waals surface area contributed by atoms with Gasteiger partial charge in [-0.15, -0.1) is 11.3 Å². The van der Waals surface area contributed by atoms with Crippen LogP contribution in [0.5, 0.6) is 0 Å². The molecule has 6 aliphatic rings. The number of aliphatic imine (C=N–C) groups is 1. The van der Waals surface area contributed by atoms with Gasteiger partial charge in [-0.25, -0.2) is 4.99 Å². The summed E-state index contributed by atoms with van der Waals surface area (Å²) in [5.41, 5.74) is 13.7. The first-order chi connectivity index (χ1) is 27.3. The second kappa shape index (κ2) is 12.6. The van der Waals surface area contributed by atoms with Crippen molar-refractivity contribution in [3.8, 4) is 0 Å². The molecule has 0 radical (unpaired) electrons. The second-order valence-electron chi connectivity index (χ2n) is 16.3. The molecule has 0 spiro atoms. The van der Waals surface area contributed by atoms with Gasteiger partial charge in [-0.05, 0) is 133 Å². The number of allylic oxidation sites excluding steroid dienone is 4. The first-order valence-corrected chi connectivity index (χ1v) is 21.3. The Labute approximate surface area is 326 Å². The van der Waals surface area contributed by atoms with Crippen molar-refractivity contribution in [2.24, 2.45) is 10.9 Å². The van der Waals surface area contributed by atoms with E-state index < -0.39 is 0 Å². The lowest BCUT2D eigenvalue weighted by atomic mass is 9.80. The zero-order valence-corrected chi connectivity index (χ0v) is 31.8. The molecule has 4 aliphatic carbocycles. The van der Waals surface area contributed by atoms with Crippen LogP contribution in [0.2, 0.25) is 0 Å². The van der Waals surface area contributed by atoms with Crippen molar-refractivity contribution in [2.75, 3.05) is 4.90 Å². The molecular formula is C50H44N4S. The third kappa shape index (κ3) is 4.98. The highest BCUT2D eigenvalue weighted by Gasteiger charge is 2.39. The van der Waals surface area contributed by atoms with Crippen molar-refractivity contribution < 1.29 is 0 Å². The van der Waals surface area contributed by atoms with E-state index in [0.717, 1.165) is 25.2 Å². The van der Waals surface area contributed by atoms with Gasteiger partial charge in [-0.1, -0.05) is 91.0 Å². The molecule has 270 valence electrons. The van der Waals surface area contributed by atoms with E-state index in [4.69, 9.17) is 4.99 Å². The highest BCUT2D eigenvalue weighted by atomic mass is 32.1. The van der Waals surface area contributed by atoms with Crippen LogP contribution in [0, 0.1) is 5.92 Å². The molecule has 4 heterocycles. The number of benzene rings is 4. The van der Waals surface area contributed by atoms with Gasteiger partial charge in [-0.3, -0.25) is 4.57 Å². The van der Waals surface area contributed by atoms with E-state index in [0.29, 0.717) is 17.9 Å². The van der Waals surface area contributed by atoms with Crippen molar-refractivity contribution in [2.45, 2.75) is 75.4 Å². The van der Waals surface area contributed by atoms with E-state index >= 15 is 0 Å². The number of nitrogens with one attached hydrogen (secondary N) is 1. The van der Waals surface area contributed by atoms with Crippen molar-refractivity contribution in [1.82, 2.24) is 9.88 Å². The number of para-hydroxylation sites is 3. The topological polar surface area (TPSA) is 32.6 Å². The highest BCUT2D eigenvalue weighted by Crippen LogP contribution is 2.50.